The van der Waals surface area contributed by atoms with E-state index in [1.54, 1.807) is 0 Å². The third-order valence-electron chi connectivity index (χ3n) is 3.22. The average molecular weight is 290 g/mol. The molecule has 0 bridgehead atoms. The fourth-order valence-electron chi connectivity index (χ4n) is 2.17. The zero-order valence-corrected chi connectivity index (χ0v) is 10.6. The molecule has 1 saturated heterocycles. The van der Waals surface area contributed by atoms with E-state index in [1.165, 1.54) is 0 Å². The van der Waals surface area contributed by atoms with E-state index in [4.69, 9.17) is 0 Å². The SMILES string of the molecule is O=C(NCC1CCCN1)c1cccc(C(F)(F)F)c1F. The normalized spacial score (nSPS) is 19.1. The van der Waals surface area contributed by atoms with Crippen LogP contribution >= 0.6 is 0 Å². The van der Waals surface area contributed by atoms with Gasteiger partial charge in [-0.2, -0.15) is 13.2 Å². The molecule has 2 N–H and O–H groups in total. The molecule has 7 heteroatoms. The summed E-state index contributed by atoms with van der Waals surface area (Å²) in [5, 5.41) is 5.58. The molecule has 3 nitrogen and oxygen atoms in total. The first-order valence-corrected chi connectivity index (χ1v) is 6.27. The van der Waals surface area contributed by atoms with E-state index in [0.717, 1.165) is 31.5 Å². The summed E-state index contributed by atoms with van der Waals surface area (Å²) >= 11 is 0. The topological polar surface area (TPSA) is 41.1 Å². The van der Waals surface area contributed by atoms with Crippen LogP contribution in [0.15, 0.2) is 18.2 Å². The molecule has 1 aliphatic rings. The maximum Gasteiger partial charge on any atom is 0.419 e. The smallest absolute Gasteiger partial charge is 0.350 e. The van der Waals surface area contributed by atoms with Crippen LogP contribution in [0.4, 0.5) is 17.6 Å². The zero-order chi connectivity index (χ0) is 14.8. The van der Waals surface area contributed by atoms with Crippen LogP contribution in [0.1, 0.15) is 28.8 Å². The van der Waals surface area contributed by atoms with E-state index in [-0.39, 0.29) is 12.6 Å². The summed E-state index contributed by atoms with van der Waals surface area (Å²) in [6, 6.07) is 2.77. The first-order chi connectivity index (χ1) is 9.39. The van der Waals surface area contributed by atoms with Crippen molar-refractivity contribution in [2.45, 2.75) is 25.1 Å². The van der Waals surface area contributed by atoms with Crippen LogP contribution in [-0.2, 0) is 6.18 Å². The van der Waals surface area contributed by atoms with Crippen molar-refractivity contribution >= 4 is 5.91 Å². The van der Waals surface area contributed by atoms with Gasteiger partial charge in [0.1, 0.15) is 5.82 Å². The van der Waals surface area contributed by atoms with Gasteiger partial charge in [0, 0.05) is 12.6 Å². The Hall–Kier alpha value is -1.63. The van der Waals surface area contributed by atoms with Gasteiger partial charge in [0.2, 0.25) is 0 Å². The number of hydrogen-bond donors (Lipinski definition) is 2. The molecule has 1 aliphatic heterocycles. The highest BCUT2D eigenvalue weighted by atomic mass is 19.4. The van der Waals surface area contributed by atoms with Gasteiger partial charge in [-0.25, -0.2) is 4.39 Å². The van der Waals surface area contributed by atoms with Gasteiger partial charge in [0.15, 0.2) is 0 Å². The second-order valence-electron chi connectivity index (χ2n) is 4.67. The second-order valence-corrected chi connectivity index (χ2v) is 4.67. The Morgan fingerprint density at radius 1 is 1.40 bits per heavy atom. The monoisotopic (exact) mass is 290 g/mol. The molecule has 0 aliphatic carbocycles. The minimum atomic E-state index is -4.81. The molecule has 2 rings (SSSR count). The quantitative estimate of drug-likeness (QED) is 0.839. The molecule has 1 unspecified atom stereocenters. The van der Waals surface area contributed by atoms with Gasteiger partial charge in [0.25, 0.3) is 5.91 Å². The van der Waals surface area contributed by atoms with Crippen molar-refractivity contribution in [1.29, 1.82) is 0 Å². The third kappa shape index (κ3) is 3.27. The lowest BCUT2D eigenvalue weighted by molar-refractivity contribution is -0.140. The van der Waals surface area contributed by atoms with Crippen LogP contribution in [0.5, 0.6) is 0 Å². The van der Waals surface area contributed by atoms with E-state index >= 15 is 0 Å². The fourth-order valence-corrected chi connectivity index (χ4v) is 2.17. The molecule has 20 heavy (non-hydrogen) atoms. The summed E-state index contributed by atoms with van der Waals surface area (Å²) < 4.78 is 51.3. The third-order valence-corrected chi connectivity index (χ3v) is 3.22. The number of halogens is 4. The van der Waals surface area contributed by atoms with Crippen molar-refractivity contribution < 1.29 is 22.4 Å². The van der Waals surface area contributed by atoms with Crippen LogP contribution in [0.25, 0.3) is 0 Å². The highest BCUT2D eigenvalue weighted by Crippen LogP contribution is 2.32. The molecule has 0 radical (unpaired) electrons. The number of alkyl halides is 3. The van der Waals surface area contributed by atoms with Gasteiger partial charge in [-0.3, -0.25) is 4.79 Å². The molecule has 1 atom stereocenters. The summed E-state index contributed by atoms with van der Waals surface area (Å²) in [5.74, 6) is -2.36. The van der Waals surface area contributed by atoms with E-state index < -0.39 is 29.0 Å². The summed E-state index contributed by atoms with van der Waals surface area (Å²) in [6.07, 6.45) is -2.95. The van der Waals surface area contributed by atoms with Crippen molar-refractivity contribution in [2.75, 3.05) is 13.1 Å². The highest BCUT2D eigenvalue weighted by Gasteiger charge is 2.35. The largest absolute Gasteiger partial charge is 0.419 e. The number of amides is 1. The predicted octanol–water partition coefficient (Wildman–Crippen LogP) is 2.33. The van der Waals surface area contributed by atoms with Crippen molar-refractivity contribution in [3.8, 4) is 0 Å². The predicted molar refractivity (Wildman–Crippen MR) is 64.8 cm³/mol. The molecule has 110 valence electrons. The Kier molecular flexibility index (Phi) is 4.27. The van der Waals surface area contributed by atoms with Crippen molar-refractivity contribution in [3.05, 3.63) is 35.1 Å². The number of carbonyl (C=O) groups is 1. The van der Waals surface area contributed by atoms with Gasteiger partial charge >= 0.3 is 6.18 Å². The molecule has 0 spiro atoms. The van der Waals surface area contributed by atoms with Crippen molar-refractivity contribution in [1.82, 2.24) is 10.6 Å². The molecule has 1 aromatic rings. The summed E-state index contributed by atoms with van der Waals surface area (Å²) in [7, 11) is 0. The first kappa shape index (κ1) is 14.8. The Labute approximate surface area is 113 Å². The van der Waals surface area contributed by atoms with Gasteiger partial charge in [0.05, 0.1) is 11.1 Å². The van der Waals surface area contributed by atoms with Crippen LogP contribution < -0.4 is 10.6 Å². The van der Waals surface area contributed by atoms with E-state index in [1.807, 2.05) is 0 Å². The maximum absolute atomic E-state index is 13.7. The van der Waals surface area contributed by atoms with Gasteiger partial charge in [-0.05, 0) is 31.5 Å². The van der Waals surface area contributed by atoms with Crippen molar-refractivity contribution in [3.63, 3.8) is 0 Å². The number of rotatable bonds is 3. The molecule has 1 heterocycles. The van der Waals surface area contributed by atoms with Gasteiger partial charge in [-0.15, -0.1) is 0 Å². The van der Waals surface area contributed by atoms with E-state index in [9.17, 15) is 22.4 Å². The zero-order valence-electron chi connectivity index (χ0n) is 10.6. The number of carbonyl (C=O) groups excluding carboxylic acids is 1. The second kappa shape index (κ2) is 5.78. The Balaban J connectivity index is 2.09. The lowest BCUT2D eigenvalue weighted by atomic mass is 10.1. The fraction of sp³-hybridized carbons (Fsp3) is 0.462. The molecule has 0 saturated carbocycles. The van der Waals surface area contributed by atoms with E-state index in [0.29, 0.717) is 6.07 Å². The molecule has 0 aromatic heterocycles. The lowest BCUT2D eigenvalue weighted by Crippen LogP contribution is -2.37. The molecule has 1 amide bonds. The minimum absolute atomic E-state index is 0.0906. The van der Waals surface area contributed by atoms with Crippen LogP contribution in [0.2, 0.25) is 0 Å². The summed E-state index contributed by atoms with van der Waals surface area (Å²) in [4.78, 5) is 11.8. The summed E-state index contributed by atoms with van der Waals surface area (Å²) in [6.45, 7) is 1.12. The van der Waals surface area contributed by atoms with E-state index in [2.05, 4.69) is 10.6 Å². The van der Waals surface area contributed by atoms with Gasteiger partial charge < -0.3 is 10.6 Å². The lowest BCUT2D eigenvalue weighted by Gasteiger charge is -2.13. The van der Waals surface area contributed by atoms with Crippen LogP contribution in [-0.4, -0.2) is 25.0 Å². The highest BCUT2D eigenvalue weighted by molar-refractivity contribution is 5.94. The Morgan fingerprint density at radius 3 is 2.75 bits per heavy atom. The van der Waals surface area contributed by atoms with Crippen molar-refractivity contribution in [2.24, 2.45) is 0 Å². The first-order valence-electron chi connectivity index (χ1n) is 6.27. The molecule has 1 aromatic carbocycles. The van der Waals surface area contributed by atoms with Gasteiger partial charge in [-0.1, -0.05) is 6.07 Å². The molecular weight excluding hydrogens is 276 g/mol. The Morgan fingerprint density at radius 2 is 2.15 bits per heavy atom. The van der Waals surface area contributed by atoms with Crippen LogP contribution in [0.3, 0.4) is 0 Å². The summed E-state index contributed by atoms with van der Waals surface area (Å²) in [5.41, 5.74) is -2.01. The molecule has 1 fully saturated rings. The minimum Gasteiger partial charge on any atom is -0.350 e. The standard InChI is InChI=1S/C13H14F4N2O/c14-11-9(4-1-5-10(11)13(15,16)17)12(20)19-7-8-3-2-6-18-8/h1,4-5,8,18H,2-3,6-7H2,(H,19,20). The average Bonchev–Trinajstić information content (AvgIpc) is 2.88. The maximum atomic E-state index is 13.7. The number of hydrogen-bond acceptors (Lipinski definition) is 2. The Bertz CT molecular complexity index is 496. The number of nitrogens with one attached hydrogen (secondary N) is 2. The van der Waals surface area contributed by atoms with Crippen LogP contribution in [0, 0.1) is 5.82 Å². The molecular formula is C13H14F4N2O. The number of benzene rings is 1.